The van der Waals surface area contributed by atoms with Crippen molar-refractivity contribution < 1.29 is 22.8 Å². The van der Waals surface area contributed by atoms with Gasteiger partial charge in [0.05, 0.1) is 22.5 Å². The van der Waals surface area contributed by atoms with Crippen LogP contribution in [0, 0.1) is 0 Å². The van der Waals surface area contributed by atoms with Crippen molar-refractivity contribution in [1.29, 1.82) is 0 Å². The van der Waals surface area contributed by atoms with Crippen LogP contribution < -0.4 is 21.5 Å². The molecule has 270 valence electrons. The number of H-pyrrole nitrogens is 1. The van der Waals surface area contributed by atoms with Gasteiger partial charge in [0.15, 0.2) is 0 Å². The largest absolute Gasteiger partial charge is 0.417 e. The number of aromatic amines is 1. The van der Waals surface area contributed by atoms with Crippen molar-refractivity contribution in [3.8, 4) is 11.1 Å². The van der Waals surface area contributed by atoms with E-state index in [-0.39, 0.29) is 5.91 Å². The van der Waals surface area contributed by atoms with Gasteiger partial charge in [-0.25, -0.2) is 0 Å². The minimum atomic E-state index is -4.88. The Morgan fingerprint density at radius 3 is 2.28 bits per heavy atom. The van der Waals surface area contributed by atoms with Crippen LogP contribution in [0.1, 0.15) is 60.0 Å². The van der Waals surface area contributed by atoms with Crippen molar-refractivity contribution in [2.45, 2.75) is 51.2 Å². The standard InChI is InChI=1S/C37H48F3N7O3/c1-44-14-18-46(19-15-44)33-12-11-29(23-32(33)43-36(50)30-25-42-34(48)24-31(30)37(38,39)40)28-9-7-8-27(22-28)26-45-16-20-47(21-17-45)35(49)10-5-3-2-4-6-13-41/h7-9,11-12,22-25H,2-6,10,13-21,26,41H2,1H3,(H,42,48)(H,43,50). The predicted octanol–water partition coefficient (Wildman–Crippen LogP) is 5.01. The van der Waals surface area contributed by atoms with E-state index >= 15 is 0 Å². The normalized spacial score (nSPS) is 16.1. The highest BCUT2D eigenvalue weighted by atomic mass is 19.4. The molecule has 5 rings (SSSR count). The molecule has 13 heteroatoms. The lowest BCUT2D eigenvalue weighted by atomic mass is 10.0. The summed E-state index contributed by atoms with van der Waals surface area (Å²) in [7, 11) is 2.03. The number of pyridine rings is 1. The monoisotopic (exact) mass is 695 g/mol. The maximum absolute atomic E-state index is 13.8. The van der Waals surface area contributed by atoms with Gasteiger partial charge in [-0.3, -0.25) is 19.3 Å². The molecule has 2 aliphatic rings. The van der Waals surface area contributed by atoms with Crippen molar-refractivity contribution in [3.05, 3.63) is 81.8 Å². The summed E-state index contributed by atoms with van der Waals surface area (Å²) >= 11 is 0. The summed E-state index contributed by atoms with van der Waals surface area (Å²) in [6, 6.07) is 14.2. The van der Waals surface area contributed by atoms with Crippen LogP contribution in [0.5, 0.6) is 0 Å². The summed E-state index contributed by atoms with van der Waals surface area (Å²) in [6.07, 6.45) is 1.77. The molecule has 2 fully saturated rings. The lowest BCUT2D eigenvalue weighted by molar-refractivity contribution is -0.138. The first kappa shape index (κ1) is 37.1. The fourth-order valence-electron chi connectivity index (χ4n) is 6.59. The van der Waals surface area contributed by atoms with Crippen LogP contribution in [-0.2, 0) is 17.5 Å². The van der Waals surface area contributed by atoms with Gasteiger partial charge in [-0.1, -0.05) is 43.5 Å². The number of piperazine rings is 2. The Balaban J connectivity index is 1.28. The van der Waals surface area contributed by atoms with Crippen molar-refractivity contribution in [1.82, 2.24) is 19.7 Å². The van der Waals surface area contributed by atoms with Crippen LogP contribution in [-0.4, -0.2) is 97.4 Å². The number of amides is 2. The van der Waals surface area contributed by atoms with Crippen molar-refractivity contribution >= 4 is 23.2 Å². The quantitative estimate of drug-likeness (QED) is 0.215. The van der Waals surface area contributed by atoms with E-state index in [0.29, 0.717) is 56.6 Å². The number of carbonyl (C=O) groups excluding carboxylic acids is 2. The molecule has 3 heterocycles. The Morgan fingerprint density at radius 1 is 0.860 bits per heavy atom. The average Bonchev–Trinajstić information content (AvgIpc) is 3.10. The summed E-state index contributed by atoms with van der Waals surface area (Å²) in [5.41, 5.74) is 6.57. The van der Waals surface area contributed by atoms with E-state index in [9.17, 15) is 27.6 Å². The van der Waals surface area contributed by atoms with E-state index in [0.717, 1.165) is 87.7 Å². The third kappa shape index (κ3) is 9.95. The van der Waals surface area contributed by atoms with Crippen LogP contribution in [0.3, 0.4) is 0 Å². The van der Waals surface area contributed by atoms with E-state index in [4.69, 9.17) is 5.73 Å². The molecule has 0 spiro atoms. The molecule has 0 saturated carbocycles. The molecule has 2 saturated heterocycles. The number of rotatable bonds is 13. The topological polar surface area (TPSA) is 118 Å². The molecule has 0 bridgehead atoms. The summed E-state index contributed by atoms with van der Waals surface area (Å²) < 4.78 is 41.4. The Labute approximate surface area is 291 Å². The summed E-state index contributed by atoms with van der Waals surface area (Å²) in [5.74, 6) is -0.737. The van der Waals surface area contributed by atoms with Crippen molar-refractivity contribution in [3.63, 3.8) is 0 Å². The molecule has 10 nitrogen and oxygen atoms in total. The molecule has 50 heavy (non-hydrogen) atoms. The number of anilines is 2. The number of nitrogens with one attached hydrogen (secondary N) is 2. The fraction of sp³-hybridized carbons (Fsp3) is 0.486. The Morgan fingerprint density at radius 2 is 1.56 bits per heavy atom. The van der Waals surface area contributed by atoms with Gasteiger partial charge in [0, 0.05) is 77.6 Å². The molecule has 2 aliphatic heterocycles. The Hall–Kier alpha value is -4.20. The number of halogens is 3. The Bertz CT molecular complexity index is 1660. The molecule has 0 aliphatic carbocycles. The predicted molar refractivity (Wildman–Crippen MR) is 190 cm³/mol. The summed E-state index contributed by atoms with van der Waals surface area (Å²) in [6.45, 7) is 7.38. The van der Waals surface area contributed by atoms with Crippen LogP contribution >= 0.6 is 0 Å². The van der Waals surface area contributed by atoms with Gasteiger partial charge >= 0.3 is 6.18 Å². The highest BCUT2D eigenvalue weighted by Gasteiger charge is 2.36. The highest BCUT2D eigenvalue weighted by Crippen LogP contribution is 2.35. The second-order valence-corrected chi connectivity index (χ2v) is 13.3. The van der Waals surface area contributed by atoms with Crippen molar-refractivity contribution in [2.75, 3.05) is 76.2 Å². The van der Waals surface area contributed by atoms with Crippen LogP contribution in [0.2, 0.25) is 0 Å². The summed E-state index contributed by atoms with van der Waals surface area (Å²) in [4.78, 5) is 48.6. The average molecular weight is 696 g/mol. The fourth-order valence-corrected chi connectivity index (χ4v) is 6.59. The van der Waals surface area contributed by atoms with Gasteiger partial charge < -0.3 is 30.7 Å². The van der Waals surface area contributed by atoms with Crippen LogP contribution in [0.25, 0.3) is 11.1 Å². The smallest absolute Gasteiger partial charge is 0.367 e. The van der Waals surface area contributed by atoms with Crippen molar-refractivity contribution in [2.24, 2.45) is 5.73 Å². The lowest BCUT2D eigenvalue weighted by Gasteiger charge is -2.35. The first-order chi connectivity index (χ1) is 24.0. The zero-order valence-corrected chi connectivity index (χ0v) is 28.7. The lowest BCUT2D eigenvalue weighted by Crippen LogP contribution is -2.48. The molecule has 2 aromatic carbocycles. The SMILES string of the molecule is CN1CCN(c2ccc(-c3cccc(CN4CCN(C(=O)CCCCCCCN)CC4)c3)cc2NC(=O)c2c[nH]c(=O)cc2C(F)(F)F)CC1. The molecular formula is C37H48F3N7O3. The van der Waals surface area contributed by atoms with E-state index in [1.54, 1.807) is 6.07 Å². The van der Waals surface area contributed by atoms with Gasteiger partial charge in [0.25, 0.3) is 5.91 Å². The van der Waals surface area contributed by atoms with Gasteiger partial charge in [0.2, 0.25) is 11.5 Å². The molecule has 0 radical (unpaired) electrons. The third-order valence-corrected chi connectivity index (χ3v) is 9.55. The third-order valence-electron chi connectivity index (χ3n) is 9.55. The van der Waals surface area contributed by atoms with Gasteiger partial charge in [0.1, 0.15) is 0 Å². The minimum absolute atomic E-state index is 0.226. The molecule has 0 atom stereocenters. The molecule has 2 amide bonds. The number of benzene rings is 2. The number of aromatic nitrogens is 1. The zero-order valence-electron chi connectivity index (χ0n) is 28.7. The molecule has 3 aromatic rings. The van der Waals surface area contributed by atoms with Crippen LogP contribution in [0.4, 0.5) is 24.5 Å². The molecule has 4 N–H and O–H groups in total. The maximum atomic E-state index is 13.8. The number of likely N-dealkylation sites (N-methyl/N-ethyl adjacent to an activating group) is 1. The number of nitrogens with two attached hydrogens (primary N) is 1. The minimum Gasteiger partial charge on any atom is -0.367 e. The highest BCUT2D eigenvalue weighted by molar-refractivity contribution is 6.07. The number of hydrogen-bond donors (Lipinski definition) is 3. The van der Waals surface area contributed by atoms with E-state index in [2.05, 4.69) is 37.1 Å². The van der Waals surface area contributed by atoms with E-state index in [1.165, 1.54) is 0 Å². The first-order valence-electron chi connectivity index (χ1n) is 17.5. The second-order valence-electron chi connectivity index (χ2n) is 13.3. The number of carbonyl (C=O) groups is 2. The van der Waals surface area contributed by atoms with E-state index < -0.39 is 28.8 Å². The number of hydrogen-bond acceptors (Lipinski definition) is 7. The molecule has 1 aromatic heterocycles. The van der Waals surface area contributed by atoms with E-state index in [1.807, 2.05) is 36.2 Å². The maximum Gasteiger partial charge on any atom is 0.417 e. The van der Waals surface area contributed by atoms with Crippen LogP contribution in [0.15, 0.2) is 59.5 Å². The number of unbranched alkanes of at least 4 members (excludes halogenated alkanes) is 4. The first-order valence-corrected chi connectivity index (χ1v) is 17.5. The Kier molecular flexibility index (Phi) is 12.7. The summed E-state index contributed by atoms with van der Waals surface area (Å²) in [5, 5.41) is 2.73. The molecule has 0 unspecified atom stereocenters. The number of nitrogens with zero attached hydrogens (tertiary/aromatic N) is 4. The zero-order chi connectivity index (χ0) is 35.7. The second kappa shape index (κ2) is 17.1. The van der Waals surface area contributed by atoms with Gasteiger partial charge in [-0.15, -0.1) is 0 Å². The number of alkyl halides is 3. The van der Waals surface area contributed by atoms with Gasteiger partial charge in [-0.2, -0.15) is 13.2 Å². The molecular weight excluding hydrogens is 647 g/mol. The van der Waals surface area contributed by atoms with Gasteiger partial charge in [-0.05, 0) is 61.3 Å².